The van der Waals surface area contributed by atoms with Crippen molar-refractivity contribution in [1.29, 1.82) is 0 Å². The summed E-state index contributed by atoms with van der Waals surface area (Å²) in [6.45, 7) is 7.60. The minimum atomic E-state index is -0.748. The minimum Gasteiger partial charge on any atom is -1.00 e. The summed E-state index contributed by atoms with van der Waals surface area (Å²) in [6.07, 6.45) is 4.79. The van der Waals surface area contributed by atoms with Crippen LogP contribution in [0.1, 0.15) is 14.8 Å². The molecule has 0 spiro atoms. The molecule has 0 aromatic heterocycles. The summed E-state index contributed by atoms with van der Waals surface area (Å²) in [5, 5.41) is -0.748. The van der Waals surface area contributed by atoms with E-state index in [0.717, 1.165) is 3.67 Å². The second-order valence-corrected chi connectivity index (χ2v) is 31.2. The van der Waals surface area contributed by atoms with Gasteiger partial charge in [-0.15, -0.1) is 0 Å². The third-order valence-corrected chi connectivity index (χ3v) is 18.1. The van der Waals surface area contributed by atoms with Crippen LogP contribution >= 0.6 is 0 Å². The van der Waals surface area contributed by atoms with E-state index < -0.39 is 27.3 Å². The quantitative estimate of drug-likeness (QED) is 0.377. The summed E-state index contributed by atoms with van der Waals surface area (Å²) in [5.41, 5.74) is 3.10. The van der Waals surface area contributed by atoms with Crippen LogP contribution in [-0.4, -0.2) is 5.26 Å². The molecule has 0 bridgehead atoms. The van der Waals surface area contributed by atoms with Crippen LogP contribution < -0.4 is 37.2 Å². The van der Waals surface area contributed by atoms with Gasteiger partial charge in [0.05, 0.1) is 0 Å². The molecule has 0 N–H and O–H groups in total. The summed E-state index contributed by atoms with van der Waals surface area (Å²) in [7, 11) is 0. The van der Waals surface area contributed by atoms with Crippen LogP contribution in [0.3, 0.4) is 0 Å². The van der Waals surface area contributed by atoms with Crippen molar-refractivity contribution in [3.8, 4) is 0 Å². The van der Waals surface area contributed by atoms with Gasteiger partial charge in [0.15, 0.2) is 0 Å². The molecule has 0 nitrogen and oxygen atoms in total. The number of hydrogen-bond donors (Lipinski definition) is 0. The molecular formula is C12H16Cl3HfSi. The molecule has 93 valence electrons. The van der Waals surface area contributed by atoms with Crippen LogP contribution in [0.15, 0.2) is 30.3 Å². The molecule has 0 heterocycles. The zero-order valence-electron chi connectivity index (χ0n) is 10.2. The van der Waals surface area contributed by atoms with Gasteiger partial charge in [0.2, 0.25) is 0 Å². The van der Waals surface area contributed by atoms with Gasteiger partial charge in [-0.3, -0.25) is 0 Å². The zero-order valence-corrected chi connectivity index (χ0v) is 17.0. The fourth-order valence-electron chi connectivity index (χ4n) is 1.84. The molecule has 1 aliphatic carbocycles. The monoisotopic (exact) mass is 473 g/mol. The van der Waals surface area contributed by atoms with Crippen molar-refractivity contribution < 1.29 is 59.3 Å². The van der Waals surface area contributed by atoms with E-state index in [9.17, 15) is 0 Å². The summed E-state index contributed by atoms with van der Waals surface area (Å²) >= 11 is -0.453. The number of hydrogen-bond acceptors (Lipinski definition) is 0. The SMILES string of the molecule is C[Si](C)(C)[Hf+3][CH]1C=Cc2ccccc21.[Cl-].[Cl-].[Cl-]. The first kappa shape index (κ1) is 20.2. The standard InChI is InChI=1S/C9H7.C3H9Si.3ClH.Hf/c1-2-5-9-7-3-6-8(9)4-1;1-4(2)3;;;;/h1-7H;1-3H3;3*1H;/q;;;;;+3/p-3. The van der Waals surface area contributed by atoms with Gasteiger partial charge in [-0.1, -0.05) is 0 Å². The zero-order chi connectivity index (χ0) is 10.2. The van der Waals surface area contributed by atoms with Crippen LogP contribution in [0, 0.1) is 0 Å². The Balaban J connectivity index is 0. The first-order chi connectivity index (χ1) is 6.56. The van der Waals surface area contributed by atoms with Gasteiger partial charge in [-0.05, 0) is 0 Å². The van der Waals surface area contributed by atoms with Crippen molar-refractivity contribution in [2.24, 2.45) is 0 Å². The molecule has 0 fully saturated rings. The number of rotatable bonds is 2. The molecule has 5 heteroatoms. The van der Waals surface area contributed by atoms with E-state index in [0.29, 0.717) is 0 Å². The maximum absolute atomic E-state index is 2.53. The first-order valence-electron chi connectivity index (χ1n) is 5.11. The largest absolute Gasteiger partial charge is 1.00 e. The summed E-state index contributed by atoms with van der Waals surface area (Å²) in [6, 6.07) is 8.91. The average molecular weight is 473 g/mol. The Morgan fingerprint density at radius 3 is 2.18 bits per heavy atom. The number of allylic oxidation sites excluding steroid dienone is 1. The van der Waals surface area contributed by atoms with Crippen LogP contribution in [0.4, 0.5) is 0 Å². The second kappa shape index (κ2) is 8.16. The Morgan fingerprint density at radius 2 is 1.59 bits per heavy atom. The molecule has 1 unspecified atom stereocenters. The first-order valence-corrected chi connectivity index (χ1v) is 16.1. The van der Waals surface area contributed by atoms with Crippen LogP contribution in [0.5, 0.6) is 0 Å². The van der Waals surface area contributed by atoms with Gasteiger partial charge < -0.3 is 37.2 Å². The van der Waals surface area contributed by atoms with E-state index in [1.165, 1.54) is 5.56 Å². The second-order valence-electron chi connectivity index (χ2n) is 4.86. The molecule has 1 atom stereocenters. The Labute approximate surface area is 134 Å². The molecule has 0 saturated carbocycles. The van der Waals surface area contributed by atoms with Gasteiger partial charge in [-0.25, -0.2) is 0 Å². The molecule has 1 aliphatic rings. The Hall–Kier alpha value is 0.917. The fraction of sp³-hybridized carbons (Fsp3) is 0.333. The van der Waals surface area contributed by atoms with Crippen LogP contribution in [0.2, 0.25) is 19.6 Å². The van der Waals surface area contributed by atoms with E-state index in [-0.39, 0.29) is 37.2 Å². The van der Waals surface area contributed by atoms with E-state index >= 15 is 0 Å². The molecule has 1 aromatic carbocycles. The Kier molecular flexibility index (Phi) is 9.72. The van der Waals surface area contributed by atoms with E-state index in [1.807, 2.05) is 0 Å². The van der Waals surface area contributed by atoms with Crippen LogP contribution in [-0.2, 0) is 22.1 Å². The van der Waals surface area contributed by atoms with Crippen molar-refractivity contribution in [1.82, 2.24) is 0 Å². The van der Waals surface area contributed by atoms with Crippen LogP contribution in [0.25, 0.3) is 6.08 Å². The summed E-state index contributed by atoms with van der Waals surface area (Å²) < 4.78 is 0.887. The number of fused-ring (bicyclic) bond motifs is 1. The third-order valence-electron chi connectivity index (χ3n) is 2.39. The third kappa shape index (κ3) is 5.60. The normalized spacial score (nSPS) is 15.8. The maximum Gasteiger partial charge on any atom is -1.00 e. The van der Waals surface area contributed by atoms with Gasteiger partial charge in [0, 0.05) is 0 Å². The minimum absolute atomic E-state index is 0. The smallest absolute Gasteiger partial charge is 1.00 e. The van der Waals surface area contributed by atoms with E-state index in [4.69, 9.17) is 0 Å². The predicted molar refractivity (Wildman–Crippen MR) is 61.6 cm³/mol. The molecule has 0 aliphatic heterocycles. The van der Waals surface area contributed by atoms with Gasteiger partial charge in [-0.2, -0.15) is 0 Å². The van der Waals surface area contributed by atoms with E-state index in [1.54, 1.807) is 5.56 Å². The number of halogens is 3. The van der Waals surface area contributed by atoms with Gasteiger partial charge in [0.25, 0.3) is 0 Å². The molecule has 2 rings (SSSR count). The van der Waals surface area contributed by atoms with Crippen molar-refractivity contribution in [2.45, 2.75) is 23.3 Å². The molecular weight excluding hydrogens is 457 g/mol. The molecule has 1 aromatic rings. The van der Waals surface area contributed by atoms with Crippen molar-refractivity contribution in [3.63, 3.8) is 0 Å². The fourth-order valence-corrected chi connectivity index (χ4v) is 17.1. The maximum atomic E-state index is 2.53. The Bertz CT molecular complexity index is 374. The van der Waals surface area contributed by atoms with Gasteiger partial charge >= 0.3 is 98.2 Å². The molecule has 0 saturated heterocycles. The predicted octanol–water partition coefficient (Wildman–Crippen LogP) is -5.32. The Morgan fingerprint density at radius 1 is 1.00 bits per heavy atom. The molecule has 0 amide bonds. The average Bonchev–Trinajstić information content (AvgIpc) is 2.47. The van der Waals surface area contributed by atoms with Crippen molar-refractivity contribution in [3.05, 3.63) is 41.5 Å². The number of benzene rings is 1. The van der Waals surface area contributed by atoms with Gasteiger partial charge in [0.1, 0.15) is 0 Å². The topological polar surface area (TPSA) is 0 Å². The summed E-state index contributed by atoms with van der Waals surface area (Å²) in [5.74, 6) is 0. The molecule has 17 heavy (non-hydrogen) atoms. The van der Waals surface area contributed by atoms with Crippen molar-refractivity contribution in [2.75, 3.05) is 0 Å². The molecule has 0 radical (unpaired) electrons. The van der Waals surface area contributed by atoms with E-state index in [2.05, 4.69) is 56.1 Å². The summed E-state index contributed by atoms with van der Waals surface area (Å²) in [4.78, 5) is 0. The van der Waals surface area contributed by atoms with Crippen molar-refractivity contribution >= 4 is 11.3 Å².